The molecule has 0 radical (unpaired) electrons. The molecule has 2 rings (SSSR count). The third kappa shape index (κ3) is 3.25. The van der Waals surface area contributed by atoms with Gasteiger partial charge in [-0.3, -0.25) is 4.90 Å². The Hall–Kier alpha value is -0.580. The van der Waals surface area contributed by atoms with Crippen molar-refractivity contribution in [2.45, 2.75) is 32.9 Å². The summed E-state index contributed by atoms with van der Waals surface area (Å²) in [5.74, 6) is 0.415. The molecule has 100 valence electrons. The van der Waals surface area contributed by atoms with Crippen LogP contribution in [0.3, 0.4) is 0 Å². The van der Waals surface area contributed by atoms with Crippen LogP contribution in [0.25, 0.3) is 0 Å². The molecule has 0 aromatic heterocycles. The molecule has 1 aliphatic heterocycles. The Morgan fingerprint density at radius 2 is 2.28 bits per heavy atom. The van der Waals surface area contributed by atoms with E-state index < -0.39 is 0 Å². The van der Waals surface area contributed by atoms with Crippen LogP contribution in [-0.2, 0) is 11.3 Å². The van der Waals surface area contributed by atoms with E-state index >= 15 is 0 Å². The maximum absolute atomic E-state index is 10.1. The SMILES string of the molecule is CCC1CN(Cc2cc(Br)cc(C)c2O)CCO1. The van der Waals surface area contributed by atoms with E-state index in [1.165, 1.54) is 0 Å². The van der Waals surface area contributed by atoms with Gasteiger partial charge in [-0.2, -0.15) is 0 Å². The largest absolute Gasteiger partial charge is 0.507 e. The molecule has 1 saturated heterocycles. The number of ether oxygens (including phenoxy) is 1. The Labute approximate surface area is 117 Å². The molecule has 18 heavy (non-hydrogen) atoms. The summed E-state index contributed by atoms with van der Waals surface area (Å²) in [5, 5.41) is 10.1. The maximum Gasteiger partial charge on any atom is 0.123 e. The van der Waals surface area contributed by atoms with Gasteiger partial charge in [0.1, 0.15) is 5.75 Å². The van der Waals surface area contributed by atoms with Crippen molar-refractivity contribution in [3.63, 3.8) is 0 Å². The van der Waals surface area contributed by atoms with Crippen molar-refractivity contribution < 1.29 is 9.84 Å². The molecule has 4 heteroatoms. The van der Waals surface area contributed by atoms with Gasteiger partial charge in [0.15, 0.2) is 0 Å². The molecule has 1 atom stereocenters. The van der Waals surface area contributed by atoms with Crippen LogP contribution < -0.4 is 0 Å². The van der Waals surface area contributed by atoms with E-state index in [1.54, 1.807) is 0 Å². The minimum absolute atomic E-state index is 0.328. The number of nitrogens with zero attached hydrogens (tertiary/aromatic N) is 1. The highest BCUT2D eigenvalue weighted by atomic mass is 79.9. The lowest BCUT2D eigenvalue weighted by Crippen LogP contribution is -2.41. The topological polar surface area (TPSA) is 32.7 Å². The zero-order valence-corrected chi connectivity index (χ0v) is 12.5. The second-order valence-electron chi connectivity index (χ2n) is 4.87. The average Bonchev–Trinajstić information content (AvgIpc) is 2.35. The van der Waals surface area contributed by atoms with Crippen LogP contribution >= 0.6 is 15.9 Å². The van der Waals surface area contributed by atoms with Crippen molar-refractivity contribution in [3.8, 4) is 5.75 Å². The second-order valence-corrected chi connectivity index (χ2v) is 5.78. The molecule has 1 N–H and O–H groups in total. The van der Waals surface area contributed by atoms with Gasteiger partial charge < -0.3 is 9.84 Å². The molecule has 0 spiro atoms. The smallest absolute Gasteiger partial charge is 0.123 e. The first-order valence-corrected chi connectivity index (χ1v) is 7.21. The van der Waals surface area contributed by atoms with Gasteiger partial charge in [0.05, 0.1) is 12.7 Å². The molecule has 1 unspecified atom stereocenters. The van der Waals surface area contributed by atoms with Crippen molar-refractivity contribution in [2.24, 2.45) is 0 Å². The first-order valence-electron chi connectivity index (χ1n) is 6.42. The van der Waals surface area contributed by atoms with Crippen molar-refractivity contribution in [1.29, 1.82) is 0 Å². The van der Waals surface area contributed by atoms with E-state index in [-0.39, 0.29) is 0 Å². The number of halogens is 1. The van der Waals surface area contributed by atoms with E-state index in [9.17, 15) is 5.11 Å². The Kier molecular flexibility index (Phi) is 4.65. The second kappa shape index (κ2) is 6.04. The summed E-state index contributed by atoms with van der Waals surface area (Å²) in [4.78, 5) is 2.35. The van der Waals surface area contributed by atoms with Crippen molar-refractivity contribution >= 4 is 15.9 Å². The van der Waals surface area contributed by atoms with Gasteiger partial charge in [0.2, 0.25) is 0 Å². The number of hydrogen-bond donors (Lipinski definition) is 1. The number of benzene rings is 1. The van der Waals surface area contributed by atoms with Gasteiger partial charge >= 0.3 is 0 Å². The summed E-state index contributed by atoms with van der Waals surface area (Å²) in [6.07, 6.45) is 1.37. The quantitative estimate of drug-likeness (QED) is 0.931. The van der Waals surface area contributed by atoms with Gasteiger partial charge in [-0.1, -0.05) is 22.9 Å². The van der Waals surface area contributed by atoms with Crippen LogP contribution in [0.5, 0.6) is 5.75 Å². The lowest BCUT2D eigenvalue weighted by Gasteiger charge is -2.32. The molecule has 0 aliphatic carbocycles. The fourth-order valence-corrected chi connectivity index (χ4v) is 2.96. The molecule has 1 aromatic rings. The van der Waals surface area contributed by atoms with Gasteiger partial charge in [-0.25, -0.2) is 0 Å². The molecule has 0 amide bonds. The van der Waals surface area contributed by atoms with Gasteiger partial charge in [0, 0.05) is 29.7 Å². The summed E-state index contributed by atoms with van der Waals surface area (Å²) in [7, 11) is 0. The van der Waals surface area contributed by atoms with Crippen LogP contribution in [0.15, 0.2) is 16.6 Å². The average molecular weight is 314 g/mol. The number of morpholine rings is 1. The normalized spacial score (nSPS) is 21.2. The fourth-order valence-electron chi connectivity index (χ4n) is 2.34. The number of hydrogen-bond acceptors (Lipinski definition) is 3. The molecule has 1 heterocycles. The zero-order valence-electron chi connectivity index (χ0n) is 10.9. The molecule has 0 bridgehead atoms. The van der Waals surface area contributed by atoms with Crippen LogP contribution in [0.4, 0.5) is 0 Å². The first kappa shape index (κ1) is 13.8. The number of aromatic hydroxyl groups is 1. The molecule has 0 saturated carbocycles. The van der Waals surface area contributed by atoms with Crippen molar-refractivity contribution in [1.82, 2.24) is 4.90 Å². The summed E-state index contributed by atoms with van der Waals surface area (Å²) in [6, 6.07) is 3.94. The molecule has 1 aromatic carbocycles. The van der Waals surface area contributed by atoms with Gasteiger partial charge in [-0.15, -0.1) is 0 Å². The van der Waals surface area contributed by atoms with Crippen molar-refractivity contribution in [3.05, 3.63) is 27.7 Å². The fraction of sp³-hybridized carbons (Fsp3) is 0.571. The lowest BCUT2D eigenvalue weighted by molar-refractivity contribution is -0.0326. The maximum atomic E-state index is 10.1. The zero-order chi connectivity index (χ0) is 13.1. The number of rotatable bonds is 3. The van der Waals surface area contributed by atoms with Crippen LogP contribution in [-0.4, -0.2) is 35.8 Å². The number of aryl methyl sites for hydroxylation is 1. The highest BCUT2D eigenvalue weighted by molar-refractivity contribution is 9.10. The van der Waals surface area contributed by atoms with Crippen molar-refractivity contribution in [2.75, 3.05) is 19.7 Å². The first-order chi connectivity index (χ1) is 8.60. The molecule has 3 nitrogen and oxygen atoms in total. The van der Waals surface area contributed by atoms with Crippen LogP contribution in [0.1, 0.15) is 24.5 Å². The third-order valence-corrected chi connectivity index (χ3v) is 3.87. The number of phenols is 1. The van der Waals surface area contributed by atoms with E-state index in [0.29, 0.717) is 11.9 Å². The van der Waals surface area contributed by atoms with Gasteiger partial charge in [-0.05, 0) is 31.0 Å². The summed E-state index contributed by atoms with van der Waals surface area (Å²) < 4.78 is 6.68. The van der Waals surface area contributed by atoms with E-state index in [4.69, 9.17) is 4.74 Å². The van der Waals surface area contributed by atoms with Crippen LogP contribution in [0.2, 0.25) is 0 Å². The van der Waals surface area contributed by atoms with E-state index in [1.807, 2.05) is 19.1 Å². The highest BCUT2D eigenvalue weighted by Gasteiger charge is 2.20. The summed E-state index contributed by atoms with van der Waals surface area (Å²) in [6.45, 7) is 7.52. The Balaban J connectivity index is 2.09. The minimum atomic E-state index is 0.328. The van der Waals surface area contributed by atoms with E-state index in [0.717, 1.165) is 48.3 Å². The predicted octanol–water partition coefficient (Wildman–Crippen LogP) is 3.07. The van der Waals surface area contributed by atoms with E-state index in [2.05, 4.69) is 27.8 Å². The molecule has 1 fully saturated rings. The molecular weight excluding hydrogens is 294 g/mol. The predicted molar refractivity (Wildman–Crippen MR) is 75.9 cm³/mol. The molecular formula is C14H20BrNO2. The van der Waals surface area contributed by atoms with Gasteiger partial charge in [0.25, 0.3) is 0 Å². The Morgan fingerprint density at radius 1 is 1.50 bits per heavy atom. The van der Waals surface area contributed by atoms with Crippen LogP contribution in [0, 0.1) is 6.92 Å². The molecule has 1 aliphatic rings. The Morgan fingerprint density at radius 3 is 3.00 bits per heavy atom. The summed E-state index contributed by atoms with van der Waals surface area (Å²) >= 11 is 3.48. The standard InChI is InChI=1S/C14H20BrNO2/c1-3-13-9-16(4-5-18-13)8-11-7-12(15)6-10(2)14(11)17/h6-7,13,17H,3-5,8-9H2,1-2H3. The Bertz CT molecular complexity index is 423. The monoisotopic (exact) mass is 313 g/mol. The lowest BCUT2D eigenvalue weighted by atomic mass is 10.1. The highest BCUT2D eigenvalue weighted by Crippen LogP contribution is 2.28. The number of phenolic OH excluding ortho intramolecular Hbond substituents is 1. The summed E-state index contributed by atoms with van der Waals surface area (Å²) in [5.41, 5.74) is 1.90. The third-order valence-electron chi connectivity index (χ3n) is 3.42. The minimum Gasteiger partial charge on any atom is -0.507 e.